The van der Waals surface area contributed by atoms with Crippen LogP contribution in [0.25, 0.3) is 0 Å². The second-order valence-electron chi connectivity index (χ2n) is 5.75. The summed E-state index contributed by atoms with van der Waals surface area (Å²) in [5.74, 6) is 3.89. The number of benzene rings is 1. The van der Waals surface area contributed by atoms with Crippen molar-refractivity contribution < 1.29 is 19.4 Å². The van der Waals surface area contributed by atoms with Crippen molar-refractivity contribution in [1.29, 1.82) is 0 Å². The number of likely N-dealkylation sites (tertiary alicyclic amines) is 1. The number of amides is 2. The van der Waals surface area contributed by atoms with Crippen LogP contribution >= 0.6 is 0 Å². The minimum atomic E-state index is -0.0895. The molecule has 1 heterocycles. The van der Waals surface area contributed by atoms with Crippen molar-refractivity contribution in [3.8, 4) is 23.8 Å². The zero-order valence-electron chi connectivity index (χ0n) is 14.0. The predicted octanol–water partition coefficient (Wildman–Crippen LogP) is 1.62. The molecule has 0 atom stereocenters. The Bertz CT molecular complexity index is 589. The minimum Gasteiger partial charge on any atom is -0.493 e. The first-order chi connectivity index (χ1) is 11.7. The molecule has 2 rings (SSSR count). The monoisotopic (exact) mass is 332 g/mol. The fourth-order valence-corrected chi connectivity index (χ4v) is 2.67. The van der Waals surface area contributed by atoms with Crippen LogP contribution in [-0.2, 0) is 6.54 Å². The normalized spacial score (nSPS) is 14.8. The molecule has 1 saturated heterocycles. The molecule has 24 heavy (non-hydrogen) atoms. The van der Waals surface area contributed by atoms with Gasteiger partial charge in [-0.15, -0.1) is 6.42 Å². The number of piperidine rings is 1. The number of aliphatic hydroxyl groups is 1. The number of hydrogen-bond acceptors (Lipinski definition) is 4. The summed E-state index contributed by atoms with van der Waals surface area (Å²) in [7, 11) is 1.56. The number of carbonyl (C=O) groups excluding carboxylic acids is 1. The van der Waals surface area contributed by atoms with Crippen LogP contribution in [0.2, 0.25) is 0 Å². The van der Waals surface area contributed by atoms with Gasteiger partial charge in [0, 0.05) is 26.2 Å². The van der Waals surface area contributed by atoms with Gasteiger partial charge in [-0.25, -0.2) is 4.79 Å². The Kier molecular flexibility index (Phi) is 6.76. The van der Waals surface area contributed by atoms with Crippen molar-refractivity contribution in [2.75, 3.05) is 33.4 Å². The lowest BCUT2D eigenvalue weighted by Gasteiger charge is -2.31. The number of terminal acetylenes is 1. The van der Waals surface area contributed by atoms with E-state index < -0.39 is 0 Å². The van der Waals surface area contributed by atoms with E-state index in [-0.39, 0.29) is 19.2 Å². The summed E-state index contributed by atoms with van der Waals surface area (Å²) in [4.78, 5) is 14.0. The van der Waals surface area contributed by atoms with Crippen LogP contribution in [0, 0.1) is 18.3 Å². The zero-order valence-corrected chi connectivity index (χ0v) is 14.0. The number of carbonyl (C=O) groups is 1. The van der Waals surface area contributed by atoms with Crippen molar-refractivity contribution in [2.24, 2.45) is 5.92 Å². The molecule has 0 bridgehead atoms. The molecular formula is C18H24N2O4. The highest BCUT2D eigenvalue weighted by atomic mass is 16.5. The number of hydrogen-bond donors (Lipinski definition) is 2. The van der Waals surface area contributed by atoms with Gasteiger partial charge in [0.25, 0.3) is 0 Å². The number of aliphatic hydroxyl groups excluding tert-OH is 1. The van der Waals surface area contributed by atoms with Crippen molar-refractivity contribution >= 4 is 6.03 Å². The van der Waals surface area contributed by atoms with E-state index in [9.17, 15) is 4.79 Å². The Hall–Kier alpha value is -2.39. The summed E-state index contributed by atoms with van der Waals surface area (Å²) in [5.41, 5.74) is 0.904. The van der Waals surface area contributed by atoms with E-state index in [2.05, 4.69) is 11.2 Å². The van der Waals surface area contributed by atoms with Crippen LogP contribution in [0.4, 0.5) is 4.79 Å². The molecule has 2 N–H and O–H groups in total. The Balaban J connectivity index is 1.89. The second-order valence-corrected chi connectivity index (χ2v) is 5.75. The minimum absolute atomic E-state index is 0.0895. The third-order valence-electron chi connectivity index (χ3n) is 4.14. The van der Waals surface area contributed by atoms with E-state index in [1.165, 1.54) is 0 Å². The molecule has 1 aromatic rings. The van der Waals surface area contributed by atoms with Crippen LogP contribution in [0.1, 0.15) is 18.4 Å². The van der Waals surface area contributed by atoms with Gasteiger partial charge in [-0.1, -0.05) is 12.0 Å². The van der Waals surface area contributed by atoms with Gasteiger partial charge in [0.05, 0.1) is 7.11 Å². The van der Waals surface area contributed by atoms with Crippen LogP contribution in [0.5, 0.6) is 11.5 Å². The van der Waals surface area contributed by atoms with Gasteiger partial charge < -0.3 is 24.8 Å². The van der Waals surface area contributed by atoms with E-state index in [4.69, 9.17) is 21.0 Å². The van der Waals surface area contributed by atoms with E-state index >= 15 is 0 Å². The summed E-state index contributed by atoms with van der Waals surface area (Å²) in [6.07, 6.45) is 6.90. The molecule has 0 aromatic heterocycles. The molecular weight excluding hydrogens is 308 g/mol. The van der Waals surface area contributed by atoms with Gasteiger partial charge in [0.1, 0.15) is 6.61 Å². The average Bonchev–Trinajstić information content (AvgIpc) is 2.64. The molecule has 2 amide bonds. The number of methoxy groups -OCH3 is 1. The maximum Gasteiger partial charge on any atom is 0.317 e. The number of urea groups is 1. The molecule has 1 fully saturated rings. The summed E-state index contributed by atoms with van der Waals surface area (Å²) in [5, 5.41) is 12.1. The summed E-state index contributed by atoms with van der Waals surface area (Å²) >= 11 is 0. The van der Waals surface area contributed by atoms with Crippen molar-refractivity contribution in [1.82, 2.24) is 10.2 Å². The third-order valence-corrected chi connectivity index (χ3v) is 4.14. The summed E-state index contributed by atoms with van der Waals surface area (Å²) in [6, 6.07) is 5.39. The van der Waals surface area contributed by atoms with Crippen LogP contribution in [-0.4, -0.2) is 49.5 Å². The molecule has 0 aliphatic carbocycles. The Morgan fingerprint density at radius 3 is 2.79 bits per heavy atom. The lowest BCUT2D eigenvalue weighted by molar-refractivity contribution is 0.137. The molecule has 0 spiro atoms. The van der Waals surface area contributed by atoms with Crippen molar-refractivity contribution in [3.05, 3.63) is 23.8 Å². The quantitative estimate of drug-likeness (QED) is 0.777. The maximum atomic E-state index is 12.2. The largest absolute Gasteiger partial charge is 0.493 e. The lowest BCUT2D eigenvalue weighted by atomic mass is 9.98. The molecule has 6 heteroatoms. The van der Waals surface area contributed by atoms with Crippen LogP contribution in [0.15, 0.2) is 18.2 Å². The Labute approximate surface area is 142 Å². The first-order valence-corrected chi connectivity index (χ1v) is 8.04. The smallest absolute Gasteiger partial charge is 0.317 e. The summed E-state index contributed by atoms with van der Waals surface area (Å²) in [6.45, 7) is 2.11. The number of rotatable bonds is 6. The van der Waals surface area contributed by atoms with Gasteiger partial charge in [0.15, 0.2) is 11.5 Å². The van der Waals surface area contributed by atoms with E-state index in [0.717, 1.165) is 18.4 Å². The lowest BCUT2D eigenvalue weighted by Crippen LogP contribution is -2.44. The molecule has 1 aliphatic rings. The topological polar surface area (TPSA) is 71.0 Å². The van der Waals surface area contributed by atoms with E-state index in [0.29, 0.717) is 37.1 Å². The highest BCUT2D eigenvalue weighted by molar-refractivity contribution is 5.74. The first kappa shape index (κ1) is 18.0. The second kappa shape index (κ2) is 9.04. The van der Waals surface area contributed by atoms with Crippen molar-refractivity contribution in [3.63, 3.8) is 0 Å². The molecule has 1 aromatic carbocycles. The Morgan fingerprint density at radius 1 is 1.42 bits per heavy atom. The van der Waals surface area contributed by atoms with E-state index in [1.54, 1.807) is 18.1 Å². The molecule has 6 nitrogen and oxygen atoms in total. The fraction of sp³-hybridized carbons (Fsp3) is 0.500. The van der Waals surface area contributed by atoms with Crippen molar-refractivity contribution in [2.45, 2.75) is 19.4 Å². The van der Waals surface area contributed by atoms with Gasteiger partial charge in [0.2, 0.25) is 0 Å². The van der Waals surface area contributed by atoms with Gasteiger partial charge in [-0.05, 0) is 36.5 Å². The van der Waals surface area contributed by atoms with Gasteiger partial charge in [-0.2, -0.15) is 0 Å². The molecule has 0 saturated carbocycles. The highest BCUT2D eigenvalue weighted by Gasteiger charge is 2.22. The predicted molar refractivity (Wildman–Crippen MR) is 90.9 cm³/mol. The number of ether oxygens (including phenoxy) is 2. The van der Waals surface area contributed by atoms with Gasteiger partial charge in [-0.3, -0.25) is 0 Å². The van der Waals surface area contributed by atoms with Crippen LogP contribution < -0.4 is 14.8 Å². The first-order valence-electron chi connectivity index (χ1n) is 8.04. The number of nitrogens with zero attached hydrogens (tertiary/aromatic N) is 1. The maximum absolute atomic E-state index is 12.2. The highest BCUT2D eigenvalue weighted by Crippen LogP contribution is 2.28. The SMILES string of the molecule is C#CCOc1cc(CNC(=O)N2CCC(CO)CC2)ccc1OC. The molecule has 0 radical (unpaired) electrons. The zero-order chi connectivity index (χ0) is 17.4. The molecule has 130 valence electrons. The standard InChI is InChI=1S/C18H24N2O4/c1-3-10-24-17-11-15(4-5-16(17)23-2)12-19-18(22)20-8-6-14(13-21)7-9-20/h1,4-5,11,14,21H,6-10,12-13H2,2H3,(H,19,22). The number of nitrogens with one attached hydrogen (secondary N) is 1. The van der Waals surface area contributed by atoms with Gasteiger partial charge >= 0.3 is 6.03 Å². The molecule has 0 unspecified atom stereocenters. The third kappa shape index (κ3) is 4.80. The van der Waals surface area contributed by atoms with Crippen LogP contribution in [0.3, 0.4) is 0 Å². The average molecular weight is 332 g/mol. The van der Waals surface area contributed by atoms with E-state index in [1.807, 2.05) is 12.1 Å². The fourth-order valence-electron chi connectivity index (χ4n) is 2.67. The Morgan fingerprint density at radius 2 is 2.17 bits per heavy atom. The molecule has 1 aliphatic heterocycles. The summed E-state index contributed by atoms with van der Waals surface area (Å²) < 4.78 is 10.7.